The molecule has 6 heteroatoms. The van der Waals surface area contributed by atoms with Crippen LogP contribution in [0.3, 0.4) is 0 Å². The molecule has 6 nitrogen and oxygen atoms in total. The second-order valence-electron chi connectivity index (χ2n) is 8.45. The standard InChI is InChI=1S/C25H24N6/c1-2-6-22-18(4-1)7-8-23(29-22)31-16-21(17-31)24-25(28-12-11-27-24)30-13-9-20(15-30)19-5-3-10-26-14-19/h1-8,10-12,14,20-21H,9,13,15-17H2. The van der Waals surface area contributed by atoms with Crippen LogP contribution in [0.5, 0.6) is 0 Å². The summed E-state index contributed by atoms with van der Waals surface area (Å²) in [6.07, 6.45) is 8.59. The molecule has 0 aliphatic carbocycles. The van der Waals surface area contributed by atoms with Gasteiger partial charge in [0.05, 0.1) is 11.2 Å². The fourth-order valence-electron chi connectivity index (χ4n) is 4.79. The summed E-state index contributed by atoms with van der Waals surface area (Å²) in [4.78, 5) is 23.4. The third-order valence-electron chi connectivity index (χ3n) is 6.53. The van der Waals surface area contributed by atoms with Gasteiger partial charge in [-0.05, 0) is 36.2 Å². The lowest BCUT2D eigenvalue weighted by atomic mass is 9.95. The first kappa shape index (κ1) is 18.2. The number of hydrogen-bond acceptors (Lipinski definition) is 6. The molecule has 1 aromatic carbocycles. The van der Waals surface area contributed by atoms with Gasteiger partial charge in [-0.2, -0.15) is 0 Å². The van der Waals surface area contributed by atoms with Gasteiger partial charge in [-0.1, -0.05) is 24.3 Å². The van der Waals surface area contributed by atoms with E-state index in [1.807, 2.05) is 36.9 Å². The Balaban J connectivity index is 1.18. The number of nitrogens with zero attached hydrogens (tertiary/aromatic N) is 6. The van der Waals surface area contributed by atoms with Crippen molar-refractivity contribution < 1.29 is 0 Å². The summed E-state index contributed by atoms with van der Waals surface area (Å²) < 4.78 is 0. The van der Waals surface area contributed by atoms with E-state index < -0.39 is 0 Å². The second kappa shape index (κ2) is 7.61. The van der Waals surface area contributed by atoms with E-state index >= 15 is 0 Å². The van der Waals surface area contributed by atoms with Gasteiger partial charge in [0.1, 0.15) is 5.82 Å². The number of hydrogen-bond donors (Lipinski definition) is 0. The first-order valence-corrected chi connectivity index (χ1v) is 10.9. The first-order valence-electron chi connectivity index (χ1n) is 10.9. The Kier molecular flexibility index (Phi) is 4.48. The maximum atomic E-state index is 4.84. The summed E-state index contributed by atoms with van der Waals surface area (Å²) in [6.45, 7) is 3.84. The Morgan fingerprint density at radius 3 is 2.55 bits per heavy atom. The third kappa shape index (κ3) is 3.38. The SMILES string of the molecule is c1cncc(C2CCN(c3nccnc3C3CN(c4ccc5ccccc5n4)C3)C2)c1. The number of fused-ring (bicyclic) bond motifs is 1. The zero-order valence-electron chi connectivity index (χ0n) is 17.3. The van der Waals surface area contributed by atoms with E-state index in [2.05, 4.69) is 51.2 Å². The van der Waals surface area contributed by atoms with Gasteiger partial charge >= 0.3 is 0 Å². The smallest absolute Gasteiger partial charge is 0.150 e. The van der Waals surface area contributed by atoms with Gasteiger partial charge in [0.15, 0.2) is 5.82 Å². The Morgan fingerprint density at radius 1 is 0.774 bits per heavy atom. The van der Waals surface area contributed by atoms with Crippen LogP contribution in [0.4, 0.5) is 11.6 Å². The molecule has 2 saturated heterocycles. The minimum Gasteiger partial charge on any atom is -0.355 e. The highest BCUT2D eigenvalue weighted by atomic mass is 15.3. The minimum absolute atomic E-state index is 0.384. The predicted octanol–water partition coefficient (Wildman–Crippen LogP) is 4.02. The predicted molar refractivity (Wildman–Crippen MR) is 123 cm³/mol. The van der Waals surface area contributed by atoms with Gasteiger partial charge in [0.25, 0.3) is 0 Å². The Morgan fingerprint density at radius 2 is 1.65 bits per heavy atom. The molecule has 3 aromatic heterocycles. The summed E-state index contributed by atoms with van der Waals surface area (Å²) in [7, 11) is 0. The summed E-state index contributed by atoms with van der Waals surface area (Å²) in [6, 6.07) is 16.7. The molecule has 4 aromatic rings. The van der Waals surface area contributed by atoms with E-state index in [1.54, 1.807) is 0 Å². The molecule has 0 saturated carbocycles. The molecule has 154 valence electrons. The van der Waals surface area contributed by atoms with Gasteiger partial charge in [0.2, 0.25) is 0 Å². The molecule has 0 bridgehead atoms. The monoisotopic (exact) mass is 408 g/mol. The van der Waals surface area contributed by atoms with Crippen molar-refractivity contribution >= 4 is 22.5 Å². The van der Waals surface area contributed by atoms with Crippen LogP contribution >= 0.6 is 0 Å². The molecule has 0 spiro atoms. The van der Waals surface area contributed by atoms with Gasteiger partial charge < -0.3 is 9.80 Å². The maximum absolute atomic E-state index is 4.84. The molecule has 5 heterocycles. The lowest BCUT2D eigenvalue weighted by Crippen LogP contribution is -2.46. The molecule has 0 amide bonds. The van der Waals surface area contributed by atoms with Crippen LogP contribution in [0.15, 0.2) is 73.3 Å². The number of para-hydroxylation sites is 1. The second-order valence-corrected chi connectivity index (χ2v) is 8.45. The average Bonchev–Trinajstić information content (AvgIpc) is 3.29. The maximum Gasteiger partial charge on any atom is 0.150 e. The number of pyridine rings is 2. The minimum atomic E-state index is 0.384. The molecular weight excluding hydrogens is 384 g/mol. The molecule has 1 unspecified atom stereocenters. The zero-order valence-corrected chi connectivity index (χ0v) is 17.3. The largest absolute Gasteiger partial charge is 0.355 e. The van der Waals surface area contributed by atoms with E-state index in [9.17, 15) is 0 Å². The van der Waals surface area contributed by atoms with Crippen molar-refractivity contribution in [1.82, 2.24) is 19.9 Å². The van der Waals surface area contributed by atoms with Crippen molar-refractivity contribution in [1.29, 1.82) is 0 Å². The highest BCUT2D eigenvalue weighted by Crippen LogP contribution is 2.37. The highest BCUT2D eigenvalue weighted by Gasteiger charge is 2.35. The Hall–Kier alpha value is -3.54. The van der Waals surface area contributed by atoms with Crippen molar-refractivity contribution in [2.75, 3.05) is 36.0 Å². The Bertz CT molecular complexity index is 1200. The molecule has 2 aliphatic heterocycles. The van der Waals surface area contributed by atoms with Crippen LogP contribution < -0.4 is 9.80 Å². The van der Waals surface area contributed by atoms with Crippen LogP contribution in [0.2, 0.25) is 0 Å². The normalized spacial score (nSPS) is 19.0. The number of benzene rings is 1. The van der Waals surface area contributed by atoms with Crippen molar-refractivity contribution in [3.8, 4) is 0 Å². The lowest BCUT2D eigenvalue weighted by Gasteiger charge is -2.40. The number of aromatic nitrogens is 4. The number of anilines is 2. The summed E-state index contributed by atoms with van der Waals surface area (Å²) in [5.41, 5.74) is 3.47. The van der Waals surface area contributed by atoms with E-state index in [0.717, 1.165) is 55.4 Å². The van der Waals surface area contributed by atoms with E-state index in [1.165, 1.54) is 10.9 Å². The Labute approximate surface area is 181 Å². The van der Waals surface area contributed by atoms with Gasteiger partial charge in [-0.25, -0.2) is 9.97 Å². The van der Waals surface area contributed by atoms with Gasteiger partial charge in [-0.15, -0.1) is 0 Å². The van der Waals surface area contributed by atoms with Crippen molar-refractivity contribution in [3.63, 3.8) is 0 Å². The molecular formula is C25H24N6. The summed E-state index contributed by atoms with van der Waals surface area (Å²) >= 11 is 0. The van der Waals surface area contributed by atoms with E-state index in [0.29, 0.717) is 11.8 Å². The van der Waals surface area contributed by atoms with Crippen LogP contribution in [-0.2, 0) is 0 Å². The van der Waals surface area contributed by atoms with Gasteiger partial charge in [0, 0.05) is 68.2 Å². The lowest BCUT2D eigenvalue weighted by molar-refractivity contribution is 0.507. The van der Waals surface area contributed by atoms with E-state index in [-0.39, 0.29) is 0 Å². The molecule has 0 N–H and O–H groups in total. The summed E-state index contributed by atoms with van der Waals surface area (Å²) in [5, 5.41) is 1.18. The van der Waals surface area contributed by atoms with Crippen LogP contribution in [-0.4, -0.2) is 46.1 Å². The third-order valence-corrected chi connectivity index (χ3v) is 6.53. The van der Waals surface area contributed by atoms with Crippen molar-refractivity contribution in [2.45, 2.75) is 18.3 Å². The molecule has 6 rings (SSSR count). The first-order chi connectivity index (χ1) is 15.3. The number of rotatable bonds is 4. The van der Waals surface area contributed by atoms with Crippen molar-refractivity contribution in [3.05, 3.63) is 84.6 Å². The zero-order chi connectivity index (χ0) is 20.6. The molecule has 1 atom stereocenters. The van der Waals surface area contributed by atoms with Gasteiger partial charge in [-0.3, -0.25) is 9.97 Å². The molecule has 0 radical (unpaired) electrons. The molecule has 2 aliphatic rings. The average molecular weight is 409 g/mol. The molecule has 31 heavy (non-hydrogen) atoms. The van der Waals surface area contributed by atoms with Crippen molar-refractivity contribution in [2.24, 2.45) is 0 Å². The topological polar surface area (TPSA) is 58.0 Å². The van der Waals surface area contributed by atoms with Crippen LogP contribution in [0.25, 0.3) is 10.9 Å². The fourth-order valence-corrected chi connectivity index (χ4v) is 4.79. The molecule has 2 fully saturated rings. The van der Waals surface area contributed by atoms with E-state index in [4.69, 9.17) is 15.0 Å². The van der Waals surface area contributed by atoms with Crippen LogP contribution in [0, 0.1) is 0 Å². The fraction of sp³-hybridized carbons (Fsp3) is 0.280. The quantitative estimate of drug-likeness (QED) is 0.508. The highest BCUT2D eigenvalue weighted by molar-refractivity contribution is 5.80. The summed E-state index contributed by atoms with van der Waals surface area (Å²) in [5.74, 6) is 2.97. The van der Waals surface area contributed by atoms with Crippen LogP contribution in [0.1, 0.15) is 29.5 Å².